The van der Waals surface area contributed by atoms with Crippen LogP contribution in [-0.2, 0) is 20.2 Å². The summed E-state index contributed by atoms with van der Waals surface area (Å²) in [6, 6.07) is -3.62. The molecule has 0 bridgehead atoms. The summed E-state index contributed by atoms with van der Waals surface area (Å²) in [5.41, 5.74) is 0. The summed E-state index contributed by atoms with van der Waals surface area (Å²) in [4.78, 5) is 0. The molecule has 0 rings (SSSR count). The van der Waals surface area contributed by atoms with E-state index in [1.54, 1.807) is 0 Å². The van der Waals surface area contributed by atoms with Gasteiger partial charge in [0.25, 0.3) is 0 Å². The van der Waals surface area contributed by atoms with Gasteiger partial charge in [-0.1, -0.05) is 0 Å². The van der Waals surface area contributed by atoms with Crippen LogP contribution < -0.4 is 0 Å². The fourth-order valence-corrected chi connectivity index (χ4v) is 0. The van der Waals surface area contributed by atoms with E-state index in [4.69, 9.17) is 25.9 Å². The van der Waals surface area contributed by atoms with E-state index in [0.717, 1.165) is 0 Å². The Kier molecular flexibility index (Phi) is 11.5. The third-order valence-corrected chi connectivity index (χ3v) is 0.802. The number of alkyl halides is 2. The monoisotopic (exact) mass is 250 g/mol. The van der Waals surface area contributed by atoms with Crippen LogP contribution in [-0.4, -0.2) is 61.0 Å². The molecular formula is C2H4F2MgO6S2. The van der Waals surface area contributed by atoms with Gasteiger partial charge in [0.15, 0.2) is 12.0 Å². The second kappa shape index (κ2) is 7.81. The molecule has 13 heavy (non-hydrogen) atoms. The Morgan fingerprint density at radius 3 is 0.923 bits per heavy atom. The molecule has 0 aliphatic rings. The van der Waals surface area contributed by atoms with Crippen LogP contribution >= 0.6 is 0 Å². The Morgan fingerprint density at radius 1 is 0.846 bits per heavy atom. The van der Waals surface area contributed by atoms with Crippen molar-refractivity contribution in [2.24, 2.45) is 0 Å². The van der Waals surface area contributed by atoms with Gasteiger partial charge in [0.1, 0.15) is 20.2 Å². The Balaban J connectivity index is -0.000000143. The van der Waals surface area contributed by atoms with Crippen molar-refractivity contribution in [1.82, 2.24) is 0 Å². The molecule has 0 saturated heterocycles. The van der Waals surface area contributed by atoms with Crippen molar-refractivity contribution in [2.45, 2.75) is 0 Å². The first-order valence-corrected chi connectivity index (χ1v) is 5.27. The SMILES string of the molecule is O=S(=O)([O-])CF.O=S(=O)([O-])CF.[Mg+2]. The first-order chi connectivity index (χ1) is 5.12. The van der Waals surface area contributed by atoms with Gasteiger partial charge in [-0.05, 0) is 0 Å². The fraction of sp³-hybridized carbons (Fsp3) is 1.00. The maximum atomic E-state index is 10.6. The molecule has 0 amide bonds. The van der Waals surface area contributed by atoms with E-state index >= 15 is 0 Å². The summed E-state index contributed by atoms with van der Waals surface area (Å²) < 4.78 is 75.6. The first-order valence-electron chi connectivity index (χ1n) is 2.11. The maximum absolute atomic E-state index is 10.6. The average Bonchev–Trinajstić information content (AvgIpc) is 1.86. The summed E-state index contributed by atoms with van der Waals surface area (Å²) in [6.45, 7) is 0. The normalized spacial score (nSPS) is 10.8. The predicted molar refractivity (Wildman–Crippen MR) is 37.1 cm³/mol. The van der Waals surface area contributed by atoms with Crippen molar-refractivity contribution in [1.29, 1.82) is 0 Å². The predicted octanol–water partition coefficient (Wildman–Crippen LogP) is -1.46. The van der Waals surface area contributed by atoms with Crippen molar-refractivity contribution in [3.8, 4) is 0 Å². The summed E-state index contributed by atoms with van der Waals surface area (Å²) in [5.74, 6) is 0. The smallest absolute Gasteiger partial charge is 0.746 e. The van der Waals surface area contributed by atoms with Crippen LogP contribution in [0.5, 0.6) is 0 Å². The molecule has 0 spiro atoms. The quantitative estimate of drug-likeness (QED) is 0.437. The van der Waals surface area contributed by atoms with E-state index in [1.165, 1.54) is 0 Å². The molecule has 0 saturated carbocycles. The van der Waals surface area contributed by atoms with E-state index in [-0.39, 0.29) is 23.1 Å². The van der Waals surface area contributed by atoms with Crippen LogP contribution in [0.15, 0.2) is 0 Å². The number of hydrogen-bond donors (Lipinski definition) is 0. The standard InChI is InChI=1S/2CH3FO3S.Mg/c2*2-1-6(3,4)5;/h2*1H2,(H,3,4,5);/q;;+2/p-2. The molecule has 0 unspecified atom stereocenters. The van der Waals surface area contributed by atoms with Crippen molar-refractivity contribution in [3.05, 3.63) is 0 Å². The molecule has 76 valence electrons. The Labute approximate surface area is 90.0 Å². The van der Waals surface area contributed by atoms with Crippen LogP contribution in [0.25, 0.3) is 0 Å². The third-order valence-electron chi connectivity index (χ3n) is 0.267. The van der Waals surface area contributed by atoms with Crippen LogP contribution in [0.2, 0.25) is 0 Å². The maximum Gasteiger partial charge on any atom is 2.00 e. The molecule has 11 heteroatoms. The van der Waals surface area contributed by atoms with Crippen LogP contribution in [0, 0.1) is 0 Å². The van der Waals surface area contributed by atoms with Crippen molar-refractivity contribution in [2.75, 3.05) is 12.0 Å². The molecule has 0 aliphatic carbocycles. The summed E-state index contributed by atoms with van der Waals surface area (Å²) in [6.07, 6.45) is 0. The zero-order chi connectivity index (χ0) is 10.4. The molecule has 0 aromatic carbocycles. The number of rotatable bonds is 2. The Hall–Kier alpha value is 0.446. The van der Waals surface area contributed by atoms with Gasteiger partial charge in [0.05, 0.1) is 0 Å². The summed E-state index contributed by atoms with van der Waals surface area (Å²) in [7, 11) is -9.16. The topological polar surface area (TPSA) is 114 Å². The van der Waals surface area contributed by atoms with Crippen molar-refractivity contribution >= 4 is 43.3 Å². The number of hydrogen-bond acceptors (Lipinski definition) is 6. The molecule has 0 fully saturated rings. The van der Waals surface area contributed by atoms with Gasteiger partial charge >= 0.3 is 23.1 Å². The van der Waals surface area contributed by atoms with Gasteiger partial charge < -0.3 is 9.11 Å². The Morgan fingerprint density at radius 2 is 0.923 bits per heavy atom. The molecule has 0 aromatic rings. The van der Waals surface area contributed by atoms with E-state index < -0.39 is 32.2 Å². The minimum Gasteiger partial charge on any atom is -0.746 e. The minimum atomic E-state index is -4.58. The van der Waals surface area contributed by atoms with Crippen molar-refractivity contribution in [3.63, 3.8) is 0 Å². The van der Waals surface area contributed by atoms with Gasteiger partial charge in [-0.25, -0.2) is 25.6 Å². The van der Waals surface area contributed by atoms with E-state index in [1.807, 2.05) is 0 Å². The molecule has 0 aromatic heterocycles. The van der Waals surface area contributed by atoms with E-state index in [0.29, 0.717) is 0 Å². The Bertz CT molecular complexity index is 263. The van der Waals surface area contributed by atoms with Crippen LogP contribution in [0.4, 0.5) is 8.78 Å². The zero-order valence-corrected chi connectivity index (χ0v) is 9.19. The molecular weight excluding hydrogens is 246 g/mol. The van der Waals surface area contributed by atoms with Crippen LogP contribution in [0.1, 0.15) is 0 Å². The molecule has 0 radical (unpaired) electrons. The van der Waals surface area contributed by atoms with Crippen LogP contribution in [0.3, 0.4) is 0 Å². The average molecular weight is 250 g/mol. The van der Waals surface area contributed by atoms with E-state index in [2.05, 4.69) is 0 Å². The van der Waals surface area contributed by atoms with Gasteiger partial charge in [0, 0.05) is 0 Å². The fourth-order valence-electron chi connectivity index (χ4n) is 0. The van der Waals surface area contributed by atoms with Gasteiger partial charge in [-0.3, -0.25) is 0 Å². The molecule has 0 aliphatic heterocycles. The molecule has 6 nitrogen and oxygen atoms in total. The second-order valence-corrected chi connectivity index (χ2v) is 4.00. The summed E-state index contributed by atoms with van der Waals surface area (Å²) >= 11 is 0. The third kappa shape index (κ3) is 32.7. The minimum absolute atomic E-state index is 0. The number of halogens is 2. The van der Waals surface area contributed by atoms with Gasteiger partial charge in [-0.2, -0.15) is 0 Å². The second-order valence-electron chi connectivity index (χ2n) is 1.33. The van der Waals surface area contributed by atoms with E-state index in [9.17, 15) is 8.78 Å². The molecule has 0 N–H and O–H groups in total. The largest absolute Gasteiger partial charge is 2.00 e. The molecule has 0 atom stereocenters. The molecule has 0 heterocycles. The summed E-state index contributed by atoms with van der Waals surface area (Å²) in [5, 5.41) is 0. The first kappa shape index (κ1) is 19.1. The van der Waals surface area contributed by atoms with Gasteiger partial charge in [0.2, 0.25) is 0 Å². The zero-order valence-electron chi connectivity index (χ0n) is 6.14. The van der Waals surface area contributed by atoms with Gasteiger partial charge in [-0.15, -0.1) is 0 Å². The van der Waals surface area contributed by atoms with Crippen molar-refractivity contribution < 1.29 is 34.7 Å².